The molecule has 0 radical (unpaired) electrons. The van der Waals surface area contributed by atoms with E-state index in [1.54, 1.807) is 14.2 Å². The number of methoxy groups -OCH3 is 2. The van der Waals surface area contributed by atoms with Gasteiger partial charge in [0, 0.05) is 13.1 Å². The second-order valence-corrected chi connectivity index (χ2v) is 6.02. The number of rotatable bonds is 5. The summed E-state index contributed by atoms with van der Waals surface area (Å²) in [5, 5.41) is 0. The van der Waals surface area contributed by atoms with E-state index in [4.69, 9.17) is 9.47 Å². The summed E-state index contributed by atoms with van der Waals surface area (Å²) in [5.41, 5.74) is 1.17. The van der Waals surface area contributed by atoms with E-state index in [0.717, 1.165) is 29.9 Å². The third-order valence-corrected chi connectivity index (χ3v) is 4.40. The van der Waals surface area contributed by atoms with Crippen molar-refractivity contribution in [2.45, 2.75) is 33.2 Å². The van der Waals surface area contributed by atoms with E-state index in [-0.39, 0.29) is 0 Å². The monoisotopic (exact) mass is 277 g/mol. The van der Waals surface area contributed by atoms with Gasteiger partial charge in [-0.25, -0.2) is 0 Å². The fourth-order valence-corrected chi connectivity index (χ4v) is 3.09. The maximum absolute atomic E-state index is 5.50. The molecule has 0 N–H and O–H groups in total. The van der Waals surface area contributed by atoms with Crippen molar-refractivity contribution in [2.75, 3.05) is 27.3 Å². The van der Waals surface area contributed by atoms with Gasteiger partial charge in [0.15, 0.2) is 0 Å². The fourth-order valence-electron chi connectivity index (χ4n) is 3.09. The molecule has 1 saturated heterocycles. The molecule has 112 valence electrons. The van der Waals surface area contributed by atoms with Crippen LogP contribution in [0.2, 0.25) is 0 Å². The summed E-state index contributed by atoms with van der Waals surface area (Å²) >= 11 is 0. The van der Waals surface area contributed by atoms with Crippen molar-refractivity contribution in [3.8, 4) is 11.5 Å². The Morgan fingerprint density at radius 3 is 2.40 bits per heavy atom. The van der Waals surface area contributed by atoms with Gasteiger partial charge in [0.1, 0.15) is 11.5 Å². The summed E-state index contributed by atoms with van der Waals surface area (Å²) in [6.45, 7) is 7.93. The summed E-state index contributed by atoms with van der Waals surface area (Å²) in [7, 11) is 3.46. The van der Waals surface area contributed by atoms with E-state index < -0.39 is 0 Å². The summed E-state index contributed by atoms with van der Waals surface area (Å²) in [6, 6.07) is 6.01. The Balaban J connectivity index is 2.13. The zero-order valence-corrected chi connectivity index (χ0v) is 13.2. The molecule has 0 saturated carbocycles. The molecule has 0 amide bonds. The Kier molecular flexibility index (Phi) is 5.30. The van der Waals surface area contributed by atoms with Gasteiger partial charge in [-0.3, -0.25) is 4.90 Å². The van der Waals surface area contributed by atoms with Crippen molar-refractivity contribution in [3.05, 3.63) is 23.8 Å². The number of hydrogen-bond acceptors (Lipinski definition) is 3. The standard InChI is InChI=1S/C17H27NO2/c1-13(2)14-7-6-10-18(11-14)12-15-16(19-3)8-5-9-17(15)20-4/h5,8-9,13-14H,6-7,10-12H2,1-4H3/t14-/m1/s1. The molecule has 0 aromatic heterocycles. The van der Waals surface area contributed by atoms with Gasteiger partial charge < -0.3 is 9.47 Å². The maximum atomic E-state index is 5.50. The first kappa shape index (κ1) is 15.2. The average molecular weight is 277 g/mol. The first-order chi connectivity index (χ1) is 9.65. The van der Waals surface area contributed by atoms with Gasteiger partial charge in [0.05, 0.1) is 19.8 Å². The molecule has 1 fully saturated rings. The molecule has 0 bridgehead atoms. The molecule has 2 rings (SSSR count). The summed E-state index contributed by atoms with van der Waals surface area (Å²) in [4.78, 5) is 2.54. The van der Waals surface area contributed by atoms with Gasteiger partial charge in [-0.05, 0) is 43.4 Å². The lowest BCUT2D eigenvalue weighted by Gasteiger charge is -2.35. The molecule has 1 heterocycles. The molecule has 0 unspecified atom stereocenters. The van der Waals surface area contributed by atoms with Crippen LogP contribution >= 0.6 is 0 Å². The number of ether oxygens (including phenoxy) is 2. The molecule has 1 atom stereocenters. The predicted molar refractivity (Wildman–Crippen MR) is 82.4 cm³/mol. The zero-order chi connectivity index (χ0) is 14.5. The molecule has 3 heteroatoms. The van der Waals surface area contributed by atoms with Crippen LogP contribution in [0.15, 0.2) is 18.2 Å². The van der Waals surface area contributed by atoms with Crippen molar-refractivity contribution in [1.29, 1.82) is 0 Å². The van der Waals surface area contributed by atoms with Crippen molar-refractivity contribution in [3.63, 3.8) is 0 Å². The van der Waals surface area contributed by atoms with Crippen LogP contribution in [0.4, 0.5) is 0 Å². The quantitative estimate of drug-likeness (QED) is 0.821. The maximum Gasteiger partial charge on any atom is 0.127 e. The Bertz CT molecular complexity index is 409. The largest absolute Gasteiger partial charge is 0.496 e. The molecular weight excluding hydrogens is 250 g/mol. The predicted octanol–water partition coefficient (Wildman–Crippen LogP) is 3.57. The SMILES string of the molecule is COc1cccc(OC)c1CN1CCC[C@@H](C(C)C)C1. The van der Waals surface area contributed by atoms with E-state index in [2.05, 4.69) is 18.7 Å². The second-order valence-electron chi connectivity index (χ2n) is 6.02. The fraction of sp³-hybridized carbons (Fsp3) is 0.647. The number of benzene rings is 1. The molecule has 1 aromatic carbocycles. The Morgan fingerprint density at radius 2 is 1.85 bits per heavy atom. The molecule has 1 aliphatic rings. The van der Waals surface area contributed by atoms with E-state index in [1.165, 1.54) is 31.5 Å². The van der Waals surface area contributed by atoms with Gasteiger partial charge in [0.25, 0.3) is 0 Å². The number of likely N-dealkylation sites (tertiary alicyclic amines) is 1. The van der Waals surface area contributed by atoms with E-state index in [0.29, 0.717) is 0 Å². The van der Waals surface area contributed by atoms with Crippen molar-refractivity contribution in [2.24, 2.45) is 11.8 Å². The van der Waals surface area contributed by atoms with Crippen LogP contribution in [0.3, 0.4) is 0 Å². The highest BCUT2D eigenvalue weighted by atomic mass is 16.5. The molecule has 3 nitrogen and oxygen atoms in total. The number of hydrogen-bond donors (Lipinski definition) is 0. The van der Waals surface area contributed by atoms with Crippen molar-refractivity contribution >= 4 is 0 Å². The average Bonchev–Trinajstić information content (AvgIpc) is 2.47. The van der Waals surface area contributed by atoms with Crippen LogP contribution in [-0.2, 0) is 6.54 Å². The van der Waals surface area contributed by atoms with Crippen LogP contribution in [0.25, 0.3) is 0 Å². The van der Waals surface area contributed by atoms with Gasteiger partial charge in [-0.2, -0.15) is 0 Å². The van der Waals surface area contributed by atoms with Gasteiger partial charge in [-0.15, -0.1) is 0 Å². The normalized spacial score (nSPS) is 20.1. The first-order valence-corrected chi connectivity index (χ1v) is 7.58. The third kappa shape index (κ3) is 3.45. The Labute approximate surface area is 122 Å². The Hall–Kier alpha value is -1.22. The summed E-state index contributed by atoms with van der Waals surface area (Å²) < 4.78 is 11.0. The lowest BCUT2D eigenvalue weighted by Crippen LogP contribution is -2.37. The van der Waals surface area contributed by atoms with Crippen LogP contribution in [0, 0.1) is 11.8 Å². The van der Waals surface area contributed by atoms with Crippen LogP contribution in [0.1, 0.15) is 32.3 Å². The van der Waals surface area contributed by atoms with Gasteiger partial charge in [0.2, 0.25) is 0 Å². The molecule has 0 aliphatic carbocycles. The highest BCUT2D eigenvalue weighted by molar-refractivity contribution is 5.44. The molecular formula is C17H27NO2. The molecule has 20 heavy (non-hydrogen) atoms. The van der Waals surface area contributed by atoms with E-state index in [9.17, 15) is 0 Å². The van der Waals surface area contributed by atoms with E-state index in [1.807, 2.05) is 18.2 Å². The minimum atomic E-state index is 0.761. The highest BCUT2D eigenvalue weighted by Crippen LogP contribution is 2.32. The highest BCUT2D eigenvalue weighted by Gasteiger charge is 2.24. The second kappa shape index (κ2) is 6.98. The smallest absolute Gasteiger partial charge is 0.127 e. The topological polar surface area (TPSA) is 21.7 Å². The summed E-state index contributed by atoms with van der Waals surface area (Å²) in [5.74, 6) is 3.42. The molecule has 1 aliphatic heterocycles. The van der Waals surface area contributed by atoms with Crippen LogP contribution < -0.4 is 9.47 Å². The molecule has 1 aromatic rings. The van der Waals surface area contributed by atoms with E-state index >= 15 is 0 Å². The number of nitrogens with zero attached hydrogens (tertiary/aromatic N) is 1. The van der Waals surface area contributed by atoms with Crippen molar-refractivity contribution < 1.29 is 9.47 Å². The van der Waals surface area contributed by atoms with Crippen molar-refractivity contribution in [1.82, 2.24) is 4.90 Å². The van der Waals surface area contributed by atoms with Crippen LogP contribution in [-0.4, -0.2) is 32.2 Å². The minimum absolute atomic E-state index is 0.761. The summed E-state index contributed by atoms with van der Waals surface area (Å²) in [6.07, 6.45) is 2.65. The minimum Gasteiger partial charge on any atom is -0.496 e. The molecule has 0 spiro atoms. The third-order valence-electron chi connectivity index (χ3n) is 4.40. The Morgan fingerprint density at radius 1 is 1.20 bits per heavy atom. The zero-order valence-electron chi connectivity index (χ0n) is 13.2. The van der Waals surface area contributed by atoms with Gasteiger partial charge >= 0.3 is 0 Å². The first-order valence-electron chi connectivity index (χ1n) is 7.58. The van der Waals surface area contributed by atoms with Gasteiger partial charge in [-0.1, -0.05) is 19.9 Å². The van der Waals surface area contributed by atoms with Crippen LogP contribution in [0.5, 0.6) is 11.5 Å². The lowest BCUT2D eigenvalue weighted by atomic mass is 9.88. The lowest BCUT2D eigenvalue weighted by molar-refractivity contribution is 0.137. The number of piperidine rings is 1.